The number of carbonyl (C=O) groups is 2. The first-order chi connectivity index (χ1) is 10.1. The summed E-state index contributed by atoms with van der Waals surface area (Å²) in [6, 6.07) is 7.32. The van der Waals surface area contributed by atoms with Crippen molar-refractivity contribution in [3.63, 3.8) is 0 Å². The Balaban J connectivity index is 2.42. The molecule has 0 saturated carbocycles. The van der Waals surface area contributed by atoms with Gasteiger partial charge in [0, 0.05) is 25.1 Å². The maximum absolute atomic E-state index is 12.3. The standard InChI is InChI=1S/C16H22N2O3/c1-4-17-16(20)12-10-14(19)18(5-2)15(12)11-8-6-7-9-13(11)21-3/h6-9,12,15H,4-5,10H2,1-3H3,(H,17,20)/t12-,15+/m1/s1. The van der Waals surface area contributed by atoms with Gasteiger partial charge < -0.3 is 15.0 Å². The molecule has 0 aliphatic carbocycles. The number of rotatable bonds is 5. The second kappa shape index (κ2) is 6.61. The summed E-state index contributed by atoms with van der Waals surface area (Å²) in [5, 5.41) is 2.83. The van der Waals surface area contributed by atoms with Crippen LogP contribution in [0.4, 0.5) is 0 Å². The number of nitrogens with zero attached hydrogens (tertiary/aromatic N) is 1. The molecular formula is C16H22N2O3. The van der Waals surface area contributed by atoms with Gasteiger partial charge in [-0.05, 0) is 19.9 Å². The first kappa shape index (κ1) is 15.4. The summed E-state index contributed by atoms with van der Waals surface area (Å²) in [6.07, 6.45) is 0.252. The van der Waals surface area contributed by atoms with Crippen molar-refractivity contribution in [3.8, 4) is 5.75 Å². The Morgan fingerprint density at radius 3 is 2.71 bits per heavy atom. The number of amides is 2. The highest BCUT2D eigenvalue weighted by Crippen LogP contribution is 2.41. The molecule has 1 aliphatic rings. The number of para-hydroxylation sites is 1. The minimum Gasteiger partial charge on any atom is -0.496 e. The lowest BCUT2D eigenvalue weighted by atomic mass is 9.92. The number of benzene rings is 1. The summed E-state index contributed by atoms with van der Waals surface area (Å²) >= 11 is 0. The molecule has 1 aromatic carbocycles. The lowest BCUT2D eigenvalue weighted by molar-refractivity contribution is -0.129. The Labute approximate surface area is 125 Å². The fourth-order valence-corrected chi connectivity index (χ4v) is 3.00. The highest BCUT2D eigenvalue weighted by atomic mass is 16.5. The van der Waals surface area contributed by atoms with Gasteiger partial charge in [0.25, 0.3) is 0 Å². The monoisotopic (exact) mass is 290 g/mol. The zero-order valence-electron chi connectivity index (χ0n) is 12.8. The zero-order valence-corrected chi connectivity index (χ0v) is 12.8. The van der Waals surface area contributed by atoms with Crippen LogP contribution in [0.1, 0.15) is 31.9 Å². The molecule has 2 amide bonds. The van der Waals surface area contributed by atoms with E-state index in [-0.39, 0.29) is 30.2 Å². The van der Waals surface area contributed by atoms with Crippen LogP contribution in [0.5, 0.6) is 5.75 Å². The number of likely N-dealkylation sites (tertiary alicyclic amines) is 1. The van der Waals surface area contributed by atoms with Crippen LogP contribution < -0.4 is 10.1 Å². The van der Waals surface area contributed by atoms with Gasteiger partial charge in [-0.3, -0.25) is 9.59 Å². The summed E-state index contributed by atoms with van der Waals surface area (Å²) in [6.45, 7) is 4.95. The largest absolute Gasteiger partial charge is 0.496 e. The van der Waals surface area contributed by atoms with Crippen molar-refractivity contribution < 1.29 is 14.3 Å². The third kappa shape index (κ3) is 2.86. The molecular weight excluding hydrogens is 268 g/mol. The van der Waals surface area contributed by atoms with Gasteiger partial charge >= 0.3 is 0 Å². The summed E-state index contributed by atoms with van der Waals surface area (Å²) in [7, 11) is 1.60. The topological polar surface area (TPSA) is 58.6 Å². The van der Waals surface area contributed by atoms with Crippen LogP contribution in [0.3, 0.4) is 0 Å². The number of methoxy groups -OCH3 is 1. The van der Waals surface area contributed by atoms with E-state index in [2.05, 4.69) is 5.32 Å². The lowest BCUT2D eigenvalue weighted by Gasteiger charge is -2.28. The summed E-state index contributed by atoms with van der Waals surface area (Å²) in [5.41, 5.74) is 0.893. The molecule has 0 radical (unpaired) electrons. The Kier molecular flexibility index (Phi) is 4.83. The fourth-order valence-electron chi connectivity index (χ4n) is 3.00. The highest BCUT2D eigenvalue weighted by molar-refractivity contribution is 5.90. The molecule has 1 N–H and O–H groups in total. The molecule has 0 aromatic heterocycles. The van der Waals surface area contributed by atoms with E-state index in [9.17, 15) is 9.59 Å². The van der Waals surface area contributed by atoms with Crippen molar-refractivity contribution in [2.24, 2.45) is 5.92 Å². The van der Waals surface area contributed by atoms with E-state index in [0.717, 1.165) is 5.56 Å². The van der Waals surface area contributed by atoms with Gasteiger partial charge in [-0.1, -0.05) is 18.2 Å². The van der Waals surface area contributed by atoms with Gasteiger partial charge in [-0.2, -0.15) is 0 Å². The predicted octanol–water partition coefficient (Wildman–Crippen LogP) is 1.74. The fraction of sp³-hybridized carbons (Fsp3) is 0.500. The first-order valence-electron chi connectivity index (χ1n) is 7.34. The van der Waals surface area contributed by atoms with E-state index in [1.807, 2.05) is 38.1 Å². The first-order valence-corrected chi connectivity index (χ1v) is 7.34. The molecule has 1 fully saturated rings. The molecule has 0 spiro atoms. The van der Waals surface area contributed by atoms with E-state index < -0.39 is 0 Å². The number of carbonyl (C=O) groups excluding carboxylic acids is 2. The molecule has 0 bridgehead atoms. The molecule has 1 aliphatic heterocycles. The van der Waals surface area contributed by atoms with E-state index in [1.165, 1.54) is 0 Å². The Bertz CT molecular complexity index is 530. The lowest BCUT2D eigenvalue weighted by Crippen LogP contribution is -2.35. The summed E-state index contributed by atoms with van der Waals surface area (Å²) < 4.78 is 5.40. The van der Waals surface area contributed by atoms with E-state index in [0.29, 0.717) is 18.8 Å². The zero-order chi connectivity index (χ0) is 15.4. The Hall–Kier alpha value is -2.04. The van der Waals surface area contributed by atoms with Gasteiger partial charge in [0.1, 0.15) is 5.75 Å². The SMILES string of the molecule is CCNC(=O)[C@@H]1CC(=O)N(CC)[C@H]1c1ccccc1OC. The molecule has 21 heavy (non-hydrogen) atoms. The smallest absolute Gasteiger partial charge is 0.226 e. The van der Waals surface area contributed by atoms with Crippen LogP contribution >= 0.6 is 0 Å². The minimum atomic E-state index is -0.367. The van der Waals surface area contributed by atoms with Crippen molar-refractivity contribution in [1.82, 2.24) is 10.2 Å². The third-order valence-electron chi connectivity index (χ3n) is 3.92. The third-order valence-corrected chi connectivity index (χ3v) is 3.92. The van der Waals surface area contributed by atoms with Crippen molar-refractivity contribution in [2.45, 2.75) is 26.3 Å². The van der Waals surface area contributed by atoms with Crippen molar-refractivity contribution in [2.75, 3.05) is 20.2 Å². The normalized spacial score (nSPS) is 21.5. The highest BCUT2D eigenvalue weighted by Gasteiger charge is 2.44. The number of hydrogen-bond acceptors (Lipinski definition) is 3. The average Bonchev–Trinajstić information content (AvgIpc) is 2.84. The molecule has 114 valence electrons. The Morgan fingerprint density at radius 1 is 1.38 bits per heavy atom. The van der Waals surface area contributed by atoms with Crippen LogP contribution in [0.25, 0.3) is 0 Å². The average molecular weight is 290 g/mol. The summed E-state index contributed by atoms with van der Waals surface area (Å²) in [4.78, 5) is 26.3. The molecule has 5 heteroatoms. The predicted molar refractivity (Wildman–Crippen MR) is 79.9 cm³/mol. The molecule has 1 heterocycles. The van der Waals surface area contributed by atoms with Gasteiger partial charge in [0.15, 0.2) is 0 Å². The van der Waals surface area contributed by atoms with Crippen molar-refractivity contribution in [3.05, 3.63) is 29.8 Å². The van der Waals surface area contributed by atoms with Crippen LogP contribution in [0.15, 0.2) is 24.3 Å². The second-order valence-electron chi connectivity index (χ2n) is 5.07. The van der Waals surface area contributed by atoms with Crippen LogP contribution in [-0.2, 0) is 9.59 Å². The molecule has 2 rings (SSSR count). The van der Waals surface area contributed by atoms with Gasteiger partial charge in [0.2, 0.25) is 11.8 Å². The minimum absolute atomic E-state index is 0.0182. The van der Waals surface area contributed by atoms with Gasteiger partial charge in [-0.15, -0.1) is 0 Å². The van der Waals surface area contributed by atoms with Gasteiger partial charge in [-0.25, -0.2) is 0 Å². The maximum Gasteiger partial charge on any atom is 0.226 e. The van der Waals surface area contributed by atoms with Crippen LogP contribution in [0, 0.1) is 5.92 Å². The van der Waals surface area contributed by atoms with Crippen molar-refractivity contribution >= 4 is 11.8 Å². The van der Waals surface area contributed by atoms with E-state index in [4.69, 9.17) is 4.74 Å². The van der Waals surface area contributed by atoms with Gasteiger partial charge in [0.05, 0.1) is 19.1 Å². The molecule has 0 unspecified atom stereocenters. The van der Waals surface area contributed by atoms with E-state index in [1.54, 1.807) is 12.0 Å². The summed E-state index contributed by atoms with van der Waals surface area (Å²) in [5.74, 6) is 0.293. The maximum atomic E-state index is 12.3. The van der Waals surface area contributed by atoms with Crippen LogP contribution in [0.2, 0.25) is 0 Å². The molecule has 1 saturated heterocycles. The quantitative estimate of drug-likeness (QED) is 0.898. The number of hydrogen-bond donors (Lipinski definition) is 1. The molecule has 5 nitrogen and oxygen atoms in total. The molecule has 2 atom stereocenters. The number of nitrogens with one attached hydrogen (secondary N) is 1. The second-order valence-corrected chi connectivity index (χ2v) is 5.07. The molecule has 1 aromatic rings. The van der Waals surface area contributed by atoms with Crippen LogP contribution in [-0.4, -0.2) is 36.9 Å². The Morgan fingerprint density at radius 2 is 2.10 bits per heavy atom. The number of ether oxygens (including phenoxy) is 1. The van der Waals surface area contributed by atoms with E-state index >= 15 is 0 Å². The van der Waals surface area contributed by atoms with Crippen molar-refractivity contribution in [1.29, 1.82) is 0 Å².